The predicted octanol–water partition coefficient (Wildman–Crippen LogP) is 6.15. The van der Waals surface area contributed by atoms with Gasteiger partial charge in [0.05, 0.1) is 0 Å². The molecule has 3 heteroatoms. The Kier molecular flexibility index (Phi) is 4.95. The molecule has 142 valence electrons. The van der Waals surface area contributed by atoms with E-state index in [9.17, 15) is 0 Å². The number of hydrogen-bond donors (Lipinski definition) is 0. The molecule has 0 saturated heterocycles. The quantitative estimate of drug-likeness (QED) is 0.315. The normalized spacial score (nSPS) is 12.6. The van der Waals surface area contributed by atoms with Gasteiger partial charge in [0.25, 0.3) is 0 Å². The Hall–Kier alpha value is -1.58. The topological polar surface area (TPSA) is 12.9 Å². The Labute approximate surface area is 173 Å². The summed E-state index contributed by atoms with van der Waals surface area (Å²) in [6, 6.07) is 24.7. The minimum atomic E-state index is -2.04. The summed E-state index contributed by atoms with van der Waals surface area (Å²) < 4.78 is 3.12. The first kappa shape index (κ1) is 19.7. The maximum atomic E-state index is 5.10. The molecule has 0 fully saturated rings. The van der Waals surface area contributed by atoms with Crippen LogP contribution in [0.4, 0.5) is 0 Å². The van der Waals surface area contributed by atoms with E-state index in [0.29, 0.717) is 0 Å². The van der Waals surface area contributed by atoms with Crippen molar-refractivity contribution in [3.8, 4) is 11.3 Å². The van der Waals surface area contributed by atoms with Gasteiger partial charge in [-0.15, -0.1) is 0 Å². The molecule has 0 unspecified atom stereocenters. The van der Waals surface area contributed by atoms with Crippen LogP contribution in [0.25, 0.3) is 32.9 Å². The summed E-state index contributed by atoms with van der Waals surface area (Å²) in [4.78, 5) is 5.10. The van der Waals surface area contributed by atoms with Crippen molar-refractivity contribution in [2.24, 2.45) is 0 Å². The van der Waals surface area contributed by atoms with Crippen molar-refractivity contribution >= 4 is 57.0 Å². The molecule has 0 radical (unpaired) electrons. The Balaban J connectivity index is 2.05. The monoisotopic (exact) mass is 491 g/mol. The van der Waals surface area contributed by atoms with E-state index >= 15 is 0 Å². The molecule has 0 spiro atoms. The van der Waals surface area contributed by atoms with Crippen LogP contribution < -0.4 is 8.79 Å². The van der Waals surface area contributed by atoms with Crippen LogP contribution in [0.3, 0.4) is 0 Å². The van der Waals surface area contributed by atoms with Crippen molar-refractivity contribution in [1.29, 1.82) is 0 Å². The van der Waals surface area contributed by atoms with E-state index in [-0.39, 0.29) is 0 Å². The fourth-order valence-corrected chi connectivity index (χ4v) is 10.8. The molecule has 0 amide bonds. The second kappa shape index (κ2) is 7.03. The van der Waals surface area contributed by atoms with Crippen LogP contribution >= 0.6 is 0 Å². The number of para-hydroxylation sites is 1. The van der Waals surface area contributed by atoms with Crippen molar-refractivity contribution in [2.75, 3.05) is 0 Å². The summed E-state index contributed by atoms with van der Waals surface area (Å²) >= 11 is -4.07. The number of aromatic nitrogens is 1. The van der Waals surface area contributed by atoms with Crippen molar-refractivity contribution in [2.45, 2.75) is 34.5 Å². The Bertz CT molecular complexity index is 1090. The third-order valence-electron chi connectivity index (χ3n) is 5.49. The first-order valence-corrected chi connectivity index (χ1v) is 24.8. The number of hydrogen-bond acceptors (Lipinski definition) is 1. The van der Waals surface area contributed by atoms with Gasteiger partial charge < -0.3 is 0 Å². The van der Waals surface area contributed by atoms with E-state index in [4.69, 9.17) is 4.98 Å². The van der Waals surface area contributed by atoms with Gasteiger partial charge in [-0.05, 0) is 0 Å². The van der Waals surface area contributed by atoms with Gasteiger partial charge in [0.1, 0.15) is 0 Å². The first-order valence-electron chi connectivity index (χ1n) is 10.1. The van der Waals surface area contributed by atoms with E-state index in [1.807, 2.05) is 0 Å². The zero-order valence-electron chi connectivity index (χ0n) is 17.8. The molecule has 0 aliphatic carbocycles. The van der Waals surface area contributed by atoms with Gasteiger partial charge in [-0.1, -0.05) is 0 Å². The summed E-state index contributed by atoms with van der Waals surface area (Å²) in [6.07, 6.45) is 0. The molecule has 0 atom stereocenters. The van der Waals surface area contributed by atoms with Gasteiger partial charge in [0.2, 0.25) is 0 Å². The van der Waals surface area contributed by atoms with Gasteiger partial charge in [0, 0.05) is 0 Å². The van der Waals surface area contributed by atoms with Crippen LogP contribution in [0, 0.1) is 0 Å². The maximum absolute atomic E-state index is 5.10. The van der Waals surface area contributed by atoms with E-state index < -0.39 is 26.5 Å². The molecule has 0 saturated carbocycles. The van der Waals surface area contributed by atoms with Gasteiger partial charge in [-0.25, -0.2) is 0 Å². The second-order valence-corrected chi connectivity index (χ2v) is 31.0. The zero-order valence-corrected chi connectivity index (χ0v) is 22.0. The molecule has 4 rings (SSSR count). The second-order valence-electron chi connectivity index (χ2n) is 9.82. The zero-order chi connectivity index (χ0) is 20.1. The van der Waals surface area contributed by atoms with Crippen molar-refractivity contribution in [3.63, 3.8) is 0 Å². The van der Waals surface area contributed by atoms with E-state index in [1.54, 1.807) is 8.79 Å². The van der Waals surface area contributed by atoms with E-state index in [2.05, 4.69) is 101 Å². The van der Waals surface area contributed by atoms with Gasteiger partial charge in [-0.3, -0.25) is 0 Å². The van der Waals surface area contributed by atoms with Crippen LogP contribution in [-0.4, -0.2) is 31.5 Å². The summed E-state index contributed by atoms with van der Waals surface area (Å²) in [7, 11) is 0. The van der Waals surface area contributed by atoms with Crippen molar-refractivity contribution in [3.05, 3.63) is 66.7 Å². The predicted molar refractivity (Wildman–Crippen MR) is 131 cm³/mol. The van der Waals surface area contributed by atoms with Gasteiger partial charge in [-0.2, -0.15) is 0 Å². The number of benzene rings is 3. The van der Waals surface area contributed by atoms with Gasteiger partial charge >= 0.3 is 175 Å². The van der Waals surface area contributed by atoms with Crippen molar-refractivity contribution < 1.29 is 0 Å². The fourth-order valence-electron chi connectivity index (χ4n) is 4.02. The summed E-state index contributed by atoms with van der Waals surface area (Å²) in [5, 5.41) is 4.10. The Morgan fingerprint density at radius 2 is 1.18 bits per heavy atom. The molecule has 1 nitrogen and oxygen atoms in total. The molecule has 0 N–H and O–H groups in total. The molecular formula is C25H29Ge2N. The molecule has 1 heterocycles. The van der Waals surface area contributed by atoms with Crippen LogP contribution in [0.1, 0.15) is 0 Å². The van der Waals surface area contributed by atoms with Crippen LogP contribution in [0.2, 0.25) is 34.5 Å². The van der Waals surface area contributed by atoms with Crippen LogP contribution in [-0.2, 0) is 0 Å². The number of nitrogens with zero attached hydrogens (tertiary/aromatic N) is 1. The molecule has 0 aliphatic rings. The minimum absolute atomic E-state index is 1.13. The summed E-state index contributed by atoms with van der Waals surface area (Å²) in [5.41, 5.74) is 3.53. The fraction of sp³-hybridized carbons (Fsp3) is 0.240. The van der Waals surface area contributed by atoms with Crippen LogP contribution in [0.5, 0.6) is 0 Å². The molecule has 3 aromatic carbocycles. The first-order chi connectivity index (χ1) is 13.1. The average molecular weight is 489 g/mol. The Morgan fingerprint density at radius 1 is 0.607 bits per heavy atom. The molecule has 0 bridgehead atoms. The molecule has 1 aromatic heterocycles. The Morgan fingerprint density at radius 3 is 1.86 bits per heavy atom. The molecular weight excluding hydrogens is 460 g/mol. The number of pyridine rings is 1. The van der Waals surface area contributed by atoms with E-state index in [1.165, 1.54) is 21.7 Å². The third kappa shape index (κ3) is 3.67. The molecule has 4 aromatic rings. The standard InChI is InChI=1S/C25H29Ge2N/c1-26(2,3)22-16-19(15-18-11-7-8-12-20(18)22)25-17-23(27(4,5)6)21-13-9-10-14-24(21)28-25/h7-17H,1-6H3. The molecule has 28 heavy (non-hydrogen) atoms. The number of fused-ring (bicyclic) bond motifs is 2. The molecule has 0 aliphatic heterocycles. The summed E-state index contributed by atoms with van der Waals surface area (Å²) in [5.74, 6) is 14.9. The average Bonchev–Trinajstić information content (AvgIpc) is 2.64. The number of rotatable bonds is 3. The third-order valence-corrected chi connectivity index (χ3v) is 14.0. The SMILES string of the molecule is [CH3][Ge]([CH3])([CH3])[c]1cc(-c2c[c]([Ge]([CH3])([CH3])[CH3])c3ccccc3n2)cc2ccccc12. The van der Waals surface area contributed by atoms with E-state index in [0.717, 1.165) is 11.2 Å². The van der Waals surface area contributed by atoms with Crippen molar-refractivity contribution in [1.82, 2.24) is 4.98 Å². The van der Waals surface area contributed by atoms with Crippen LogP contribution in [0.15, 0.2) is 66.7 Å². The van der Waals surface area contributed by atoms with Gasteiger partial charge in [0.15, 0.2) is 0 Å². The summed E-state index contributed by atoms with van der Waals surface area (Å²) in [6.45, 7) is 0.